The molecule has 0 heterocycles. The third-order valence-corrected chi connectivity index (χ3v) is 4.63. The number of hydrogen-bond donors (Lipinski definition) is 0. The molecule has 1 amide bonds. The first-order valence-corrected chi connectivity index (χ1v) is 8.98. The summed E-state index contributed by atoms with van der Waals surface area (Å²) in [4.78, 5) is 14.7. The van der Waals surface area contributed by atoms with Crippen molar-refractivity contribution < 1.29 is 19.0 Å². The first-order valence-electron chi connectivity index (χ1n) is 8.98. The van der Waals surface area contributed by atoms with Crippen LogP contribution in [0.2, 0.25) is 0 Å². The molecule has 0 atom stereocenters. The molecule has 2 aromatic carbocycles. The highest BCUT2D eigenvalue weighted by Gasteiger charge is 2.31. The molecule has 3 rings (SSSR count). The summed E-state index contributed by atoms with van der Waals surface area (Å²) in [5, 5.41) is 0. The number of methoxy groups -OCH3 is 3. The Morgan fingerprint density at radius 2 is 1.67 bits per heavy atom. The van der Waals surface area contributed by atoms with E-state index in [1.165, 1.54) is 0 Å². The molecular formula is C22H25NO4. The lowest BCUT2D eigenvalue weighted by atomic mass is 10.1. The van der Waals surface area contributed by atoms with Gasteiger partial charge in [0.25, 0.3) is 0 Å². The van der Waals surface area contributed by atoms with Crippen molar-refractivity contribution in [3.63, 3.8) is 0 Å². The van der Waals surface area contributed by atoms with Gasteiger partial charge in [-0.05, 0) is 48.7 Å². The second-order valence-electron chi connectivity index (χ2n) is 6.49. The van der Waals surface area contributed by atoms with E-state index in [4.69, 9.17) is 14.2 Å². The molecule has 27 heavy (non-hydrogen) atoms. The van der Waals surface area contributed by atoms with Crippen molar-refractivity contribution in [1.82, 2.24) is 4.90 Å². The predicted octanol–water partition coefficient (Wildman–Crippen LogP) is 3.92. The van der Waals surface area contributed by atoms with Gasteiger partial charge in [-0.25, -0.2) is 0 Å². The number of benzene rings is 2. The number of amides is 1. The fourth-order valence-corrected chi connectivity index (χ4v) is 2.91. The number of carbonyl (C=O) groups excluding carboxylic acids is 1. The quantitative estimate of drug-likeness (QED) is 0.664. The maximum atomic E-state index is 12.8. The molecule has 0 bridgehead atoms. The van der Waals surface area contributed by atoms with Crippen molar-refractivity contribution in [3.8, 4) is 17.2 Å². The first-order chi connectivity index (χ1) is 13.1. The molecule has 0 spiro atoms. The number of nitrogens with zero attached hydrogens (tertiary/aromatic N) is 1. The molecule has 5 nitrogen and oxygen atoms in total. The summed E-state index contributed by atoms with van der Waals surface area (Å²) in [6.07, 6.45) is 5.53. The zero-order chi connectivity index (χ0) is 19.2. The maximum Gasteiger partial charge on any atom is 0.247 e. The summed E-state index contributed by atoms with van der Waals surface area (Å²) >= 11 is 0. The van der Waals surface area contributed by atoms with E-state index in [0.717, 1.165) is 35.5 Å². The van der Waals surface area contributed by atoms with E-state index in [0.29, 0.717) is 18.3 Å². The molecule has 0 radical (unpaired) electrons. The number of rotatable bonds is 8. The van der Waals surface area contributed by atoms with Gasteiger partial charge < -0.3 is 19.1 Å². The zero-order valence-electron chi connectivity index (χ0n) is 16.0. The lowest BCUT2D eigenvalue weighted by Gasteiger charge is -2.21. The molecule has 1 aliphatic rings. The molecule has 1 saturated carbocycles. The standard InChI is InChI=1S/C22H25NO4/c1-25-19-10-4-16(5-11-19)15-23(18-8-9-18)22(24)13-7-17-6-12-20(26-2)14-21(17)27-3/h4-7,10-14,18H,8-9,15H2,1-3H3/b13-7+. The average Bonchev–Trinajstić information content (AvgIpc) is 3.55. The van der Waals surface area contributed by atoms with Gasteiger partial charge in [0.1, 0.15) is 17.2 Å². The van der Waals surface area contributed by atoms with Gasteiger partial charge in [-0.2, -0.15) is 0 Å². The van der Waals surface area contributed by atoms with E-state index in [1.54, 1.807) is 39.5 Å². The van der Waals surface area contributed by atoms with Crippen LogP contribution in [0.25, 0.3) is 6.08 Å². The van der Waals surface area contributed by atoms with E-state index in [9.17, 15) is 4.79 Å². The lowest BCUT2D eigenvalue weighted by molar-refractivity contribution is -0.127. The van der Waals surface area contributed by atoms with Crippen LogP contribution in [0.15, 0.2) is 48.5 Å². The van der Waals surface area contributed by atoms with E-state index in [1.807, 2.05) is 41.3 Å². The summed E-state index contributed by atoms with van der Waals surface area (Å²) in [5.74, 6) is 2.21. The first kappa shape index (κ1) is 18.8. The SMILES string of the molecule is COc1ccc(CN(C(=O)/C=C/c2ccc(OC)cc2OC)C2CC2)cc1. The molecular weight excluding hydrogens is 342 g/mol. The number of hydrogen-bond acceptors (Lipinski definition) is 4. The zero-order valence-corrected chi connectivity index (χ0v) is 16.0. The molecule has 1 aliphatic carbocycles. The third kappa shape index (κ3) is 4.82. The van der Waals surface area contributed by atoms with Crippen LogP contribution in [0.3, 0.4) is 0 Å². The van der Waals surface area contributed by atoms with Gasteiger partial charge in [0.05, 0.1) is 21.3 Å². The second kappa shape index (κ2) is 8.62. The van der Waals surface area contributed by atoms with Crippen molar-refractivity contribution in [2.45, 2.75) is 25.4 Å². The normalized spacial score (nSPS) is 13.4. The summed E-state index contributed by atoms with van der Waals surface area (Å²) in [6, 6.07) is 13.7. The minimum Gasteiger partial charge on any atom is -0.497 e. The molecule has 142 valence electrons. The van der Waals surface area contributed by atoms with E-state index < -0.39 is 0 Å². The van der Waals surface area contributed by atoms with Crippen LogP contribution in [0.5, 0.6) is 17.2 Å². The Balaban J connectivity index is 1.72. The highest BCUT2D eigenvalue weighted by Crippen LogP contribution is 2.30. The number of carbonyl (C=O) groups is 1. The van der Waals surface area contributed by atoms with Gasteiger partial charge in [0.2, 0.25) is 5.91 Å². The molecule has 0 aliphatic heterocycles. The summed E-state index contributed by atoms with van der Waals surface area (Å²) in [5.41, 5.74) is 1.93. The summed E-state index contributed by atoms with van der Waals surface area (Å²) < 4.78 is 15.8. The van der Waals surface area contributed by atoms with Crippen molar-refractivity contribution in [2.24, 2.45) is 0 Å². The molecule has 0 aromatic heterocycles. The van der Waals surface area contributed by atoms with Crippen LogP contribution in [-0.2, 0) is 11.3 Å². The molecule has 1 fully saturated rings. The Morgan fingerprint density at radius 3 is 2.26 bits per heavy atom. The van der Waals surface area contributed by atoms with E-state index >= 15 is 0 Å². The van der Waals surface area contributed by atoms with Crippen molar-refractivity contribution in [1.29, 1.82) is 0 Å². The van der Waals surface area contributed by atoms with Crippen LogP contribution in [0, 0.1) is 0 Å². The molecule has 5 heteroatoms. The molecule has 0 saturated heterocycles. The smallest absolute Gasteiger partial charge is 0.247 e. The van der Waals surface area contributed by atoms with Crippen LogP contribution in [-0.4, -0.2) is 38.2 Å². The van der Waals surface area contributed by atoms with Gasteiger partial charge in [-0.1, -0.05) is 12.1 Å². The van der Waals surface area contributed by atoms with Gasteiger partial charge in [0.15, 0.2) is 0 Å². The van der Waals surface area contributed by atoms with Gasteiger partial charge >= 0.3 is 0 Å². The fraction of sp³-hybridized carbons (Fsp3) is 0.318. The van der Waals surface area contributed by atoms with Crippen LogP contribution in [0.1, 0.15) is 24.0 Å². The summed E-state index contributed by atoms with van der Waals surface area (Å²) in [7, 11) is 4.86. The average molecular weight is 367 g/mol. The Bertz CT molecular complexity index is 810. The van der Waals surface area contributed by atoms with Crippen molar-refractivity contribution in [3.05, 3.63) is 59.7 Å². The fourth-order valence-electron chi connectivity index (χ4n) is 2.91. The van der Waals surface area contributed by atoms with Gasteiger partial charge in [-0.15, -0.1) is 0 Å². The van der Waals surface area contributed by atoms with Crippen LogP contribution in [0.4, 0.5) is 0 Å². The van der Waals surface area contributed by atoms with Gasteiger partial charge in [-0.3, -0.25) is 4.79 Å². The van der Waals surface area contributed by atoms with Crippen molar-refractivity contribution >= 4 is 12.0 Å². The Kier molecular flexibility index (Phi) is 6.01. The molecule has 0 unspecified atom stereocenters. The van der Waals surface area contributed by atoms with E-state index in [2.05, 4.69) is 0 Å². The van der Waals surface area contributed by atoms with Crippen LogP contribution < -0.4 is 14.2 Å². The van der Waals surface area contributed by atoms with Crippen molar-refractivity contribution in [2.75, 3.05) is 21.3 Å². The minimum atomic E-state index is 0.00573. The Morgan fingerprint density at radius 1 is 1.00 bits per heavy atom. The second-order valence-corrected chi connectivity index (χ2v) is 6.49. The topological polar surface area (TPSA) is 48.0 Å². The Labute approximate surface area is 160 Å². The highest BCUT2D eigenvalue weighted by molar-refractivity contribution is 5.92. The maximum absolute atomic E-state index is 12.8. The van der Waals surface area contributed by atoms with Crippen LogP contribution >= 0.6 is 0 Å². The van der Waals surface area contributed by atoms with E-state index in [-0.39, 0.29) is 5.91 Å². The largest absolute Gasteiger partial charge is 0.497 e. The molecule has 2 aromatic rings. The monoisotopic (exact) mass is 367 g/mol. The predicted molar refractivity (Wildman–Crippen MR) is 105 cm³/mol. The third-order valence-electron chi connectivity index (χ3n) is 4.63. The Hall–Kier alpha value is -2.95. The number of ether oxygens (including phenoxy) is 3. The molecule has 0 N–H and O–H groups in total. The highest BCUT2D eigenvalue weighted by atomic mass is 16.5. The summed E-state index contributed by atoms with van der Waals surface area (Å²) in [6.45, 7) is 0.595. The lowest BCUT2D eigenvalue weighted by Crippen LogP contribution is -2.31. The van der Waals surface area contributed by atoms with Gasteiger partial charge in [0, 0.05) is 30.3 Å². The minimum absolute atomic E-state index is 0.00573.